The van der Waals surface area contributed by atoms with Crippen molar-refractivity contribution >= 4 is 38.6 Å². The van der Waals surface area contributed by atoms with Crippen molar-refractivity contribution < 1.29 is 35.1 Å². The first kappa shape index (κ1) is 19.5. The van der Waals surface area contributed by atoms with E-state index >= 15 is 0 Å². The number of benzene rings is 1. The summed E-state index contributed by atoms with van der Waals surface area (Å²) in [4.78, 5) is 0. The smallest absolute Gasteiger partial charge is 0.399 e. The maximum Gasteiger partial charge on any atom is 0.534 e. The van der Waals surface area contributed by atoms with Gasteiger partial charge in [0.1, 0.15) is 0 Å². The number of para-hydroxylation sites is 1. The second-order valence-electron chi connectivity index (χ2n) is 6.23. The van der Waals surface area contributed by atoms with Crippen LogP contribution in [0.3, 0.4) is 0 Å². The fourth-order valence-electron chi connectivity index (χ4n) is 1.93. The third-order valence-electron chi connectivity index (χ3n) is 3.98. The Kier molecular flexibility index (Phi) is 4.80. The largest absolute Gasteiger partial charge is 0.534 e. The second-order valence-corrected chi connectivity index (χ2v) is 8.62. The zero-order valence-electron chi connectivity index (χ0n) is 13.3. The van der Waals surface area contributed by atoms with Gasteiger partial charge in [0, 0.05) is 5.46 Å². The second kappa shape index (κ2) is 5.89. The standard InChI is InChI=1S/C13H15BBrF3O5S/c1-11(2)12(3,4)23-14(22-11)8-6-5-7-9(15)10(8)21-24(19,20)13(16,17)18/h5-7H,1-4H3. The minimum absolute atomic E-state index is 0.0301. The van der Waals surface area contributed by atoms with Crippen LogP contribution >= 0.6 is 15.9 Å². The molecular weight excluding hydrogens is 416 g/mol. The van der Waals surface area contributed by atoms with Crippen LogP contribution in [0.1, 0.15) is 27.7 Å². The Bertz CT molecular complexity index is 732. The van der Waals surface area contributed by atoms with Gasteiger partial charge in [-0.05, 0) is 49.7 Å². The summed E-state index contributed by atoms with van der Waals surface area (Å²) in [6.07, 6.45) is 0. The summed E-state index contributed by atoms with van der Waals surface area (Å²) >= 11 is 3.00. The third-order valence-corrected chi connectivity index (χ3v) is 5.56. The molecule has 1 aliphatic heterocycles. The highest BCUT2D eigenvalue weighted by atomic mass is 79.9. The number of alkyl halides is 3. The number of rotatable bonds is 3. The van der Waals surface area contributed by atoms with Crippen LogP contribution in [0.4, 0.5) is 13.2 Å². The van der Waals surface area contributed by atoms with E-state index in [-0.39, 0.29) is 9.94 Å². The van der Waals surface area contributed by atoms with Crippen molar-refractivity contribution in [2.24, 2.45) is 0 Å². The molecule has 0 unspecified atom stereocenters. The average Bonchev–Trinajstić information content (AvgIpc) is 2.59. The molecule has 1 saturated heterocycles. The van der Waals surface area contributed by atoms with Crippen molar-refractivity contribution in [2.45, 2.75) is 44.4 Å². The molecule has 24 heavy (non-hydrogen) atoms. The van der Waals surface area contributed by atoms with E-state index in [0.717, 1.165) is 0 Å². The highest BCUT2D eigenvalue weighted by molar-refractivity contribution is 9.10. The number of hydrogen-bond acceptors (Lipinski definition) is 5. The molecule has 0 radical (unpaired) electrons. The van der Waals surface area contributed by atoms with Crippen LogP contribution in [0.5, 0.6) is 5.75 Å². The van der Waals surface area contributed by atoms with E-state index in [2.05, 4.69) is 20.1 Å². The lowest BCUT2D eigenvalue weighted by Gasteiger charge is -2.32. The van der Waals surface area contributed by atoms with Gasteiger partial charge in [0.25, 0.3) is 0 Å². The normalized spacial score (nSPS) is 20.2. The van der Waals surface area contributed by atoms with Gasteiger partial charge in [-0.3, -0.25) is 0 Å². The Morgan fingerprint density at radius 2 is 1.62 bits per heavy atom. The monoisotopic (exact) mass is 430 g/mol. The molecule has 0 bridgehead atoms. The molecule has 1 aromatic carbocycles. The molecule has 0 aliphatic carbocycles. The molecule has 1 heterocycles. The van der Waals surface area contributed by atoms with E-state index in [4.69, 9.17) is 9.31 Å². The van der Waals surface area contributed by atoms with E-state index < -0.39 is 39.7 Å². The predicted octanol–water partition coefficient (Wildman–Crippen LogP) is 2.98. The van der Waals surface area contributed by atoms with Crippen LogP contribution in [-0.4, -0.2) is 32.2 Å². The molecule has 0 spiro atoms. The van der Waals surface area contributed by atoms with E-state index in [1.165, 1.54) is 18.2 Å². The summed E-state index contributed by atoms with van der Waals surface area (Å²) < 4.78 is 76.4. The first-order chi connectivity index (χ1) is 10.7. The van der Waals surface area contributed by atoms with Crippen LogP contribution in [0, 0.1) is 0 Å². The summed E-state index contributed by atoms with van der Waals surface area (Å²) in [5.41, 5.74) is -7.01. The summed E-state index contributed by atoms with van der Waals surface area (Å²) in [6, 6.07) is 4.25. The minimum Gasteiger partial charge on any atom is -0.399 e. The average molecular weight is 431 g/mol. The molecule has 0 N–H and O–H groups in total. The first-order valence-electron chi connectivity index (χ1n) is 6.83. The van der Waals surface area contributed by atoms with Crippen molar-refractivity contribution in [3.05, 3.63) is 22.7 Å². The Labute approximate surface area is 146 Å². The number of halogens is 4. The highest BCUT2D eigenvalue weighted by Gasteiger charge is 2.54. The van der Waals surface area contributed by atoms with Crippen LogP contribution < -0.4 is 9.65 Å². The van der Waals surface area contributed by atoms with Crippen LogP contribution in [0.2, 0.25) is 0 Å². The first-order valence-corrected chi connectivity index (χ1v) is 9.03. The molecule has 0 saturated carbocycles. The van der Waals surface area contributed by atoms with Gasteiger partial charge < -0.3 is 13.5 Å². The van der Waals surface area contributed by atoms with Crippen molar-refractivity contribution in [2.75, 3.05) is 0 Å². The van der Waals surface area contributed by atoms with Crippen molar-refractivity contribution in [3.8, 4) is 5.75 Å². The summed E-state index contributed by atoms with van der Waals surface area (Å²) in [7, 11) is -6.90. The SMILES string of the molecule is CC1(C)OB(c2cccc(Br)c2OS(=O)(=O)C(F)(F)F)OC1(C)C. The van der Waals surface area contributed by atoms with Crippen LogP contribution in [-0.2, 0) is 19.4 Å². The lowest BCUT2D eigenvalue weighted by Crippen LogP contribution is -2.41. The molecule has 11 heteroatoms. The van der Waals surface area contributed by atoms with Gasteiger partial charge in [-0.15, -0.1) is 0 Å². The van der Waals surface area contributed by atoms with Crippen molar-refractivity contribution in [1.82, 2.24) is 0 Å². The quantitative estimate of drug-likeness (QED) is 0.419. The Balaban J connectivity index is 2.47. The lowest BCUT2D eigenvalue weighted by atomic mass is 9.78. The van der Waals surface area contributed by atoms with Gasteiger partial charge in [-0.25, -0.2) is 0 Å². The van der Waals surface area contributed by atoms with E-state index in [1.807, 2.05) is 0 Å². The van der Waals surface area contributed by atoms with Gasteiger partial charge in [-0.1, -0.05) is 12.1 Å². The molecule has 5 nitrogen and oxygen atoms in total. The molecule has 0 amide bonds. The molecule has 1 fully saturated rings. The lowest BCUT2D eigenvalue weighted by molar-refractivity contribution is -0.0500. The van der Waals surface area contributed by atoms with Crippen LogP contribution in [0.25, 0.3) is 0 Å². The van der Waals surface area contributed by atoms with Gasteiger partial charge in [0.15, 0.2) is 5.75 Å². The fraction of sp³-hybridized carbons (Fsp3) is 0.538. The fourth-order valence-corrected chi connectivity index (χ4v) is 3.00. The van der Waals surface area contributed by atoms with Gasteiger partial charge >= 0.3 is 22.7 Å². The molecule has 0 atom stereocenters. The topological polar surface area (TPSA) is 61.8 Å². The minimum atomic E-state index is -5.82. The zero-order chi connectivity index (χ0) is 18.6. The van der Waals surface area contributed by atoms with Gasteiger partial charge in [0.05, 0.1) is 15.7 Å². The van der Waals surface area contributed by atoms with E-state index in [0.29, 0.717) is 0 Å². The highest BCUT2D eigenvalue weighted by Crippen LogP contribution is 2.38. The molecule has 0 aromatic heterocycles. The number of hydrogen-bond donors (Lipinski definition) is 0. The summed E-state index contributed by atoms with van der Waals surface area (Å²) in [5, 5.41) is 0. The molecular formula is C13H15BBrF3O5S. The molecule has 1 aromatic rings. The van der Waals surface area contributed by atoms with Gasteiger partial charge in [0.2, 0.25) is 0 Å². The maximum absolute atomic E-state index is 12.6. The predicted molar refractivity (Wildman–Crippen MR) is 85.5 cm³/mol. The van der Waals surface area contributed by atoms with Crippen molar-refractivity contribution in [1.29, 1.82) is 0 Å². The third kappa shape index (κ3) is 3.44. The Hall–Kier alpha value is -0.775. The molecule has 134 valence electrons. The molecule has 1 aliphatic rings. The summed E-state index contributed by atoms with van der Waals surface area (Å²) in [6.45, 7) is 7.05. The van der Waals surface area contributed by atoms with E-state index in [1.54, 1.807) is 27.7 Å². The maximum atomic E-state index is 12.6. The van der Waals surface area contributed by atoms with Crippen molar-refractivity contribution in [3.63, 3.8) is 0 Å². The summed E-state index contributed by atoms with van der Waals surface area (Å²) in [5.74, 6) is -0.520. The molecule has 2 rings (SSSR count). The van der Waals surface area contributed by atoms with Crippen LogP contribution in [0.15, 0.2) is 22.7 Å². The van der Waals surface area contributed by atoms with E-state index in [9.17, 15) is 21.6 Å². The Morgan fingerprint density at radius 3 is 2.08 bits per heavy atom. The zero-order valence-corrected chi connectivity index (χ0v) is 15.7. The van der Waals surface area contributed by atoms with Gasteiger partial charge in [-0.2, -0.15) is 21.6 Å². The Morgan fingerprint density at radius 1 is 1.12 bits per heavy atom.